The molecule has 6 heterocycles. The first-order valence-corrected chi connectivity index (χ1v) is 23.2. The summed E-state index contributed by atoms with van der Waals surface area (Å²) in [7, 11) is 2.59. The van der Waals surface area contributed by atoms with Crippen molar-refractivity contribution in [3.05, 3.63) is 102 Å². The summed E-state index contributed by atoms with van der Waals surface area (Å²) < 4.78 is 18.9. The Morgan fingerprint density at radius 1 is 0.687 bits per heavy atom. The lowest BCUT2D eigenvalue weighted by Gasteiger charge is -2.33. The van der Waals surface area contributed by atoms with Crippen LogP contribution in [0.25, 0.3) is 44.7 Å². The minimum absolute atomic E-state index is 0.0302. The van der Waals surface area contributed by atoms with Gasteiger partial charge < -0.3 is 49.2 Å². The molecule has 0 spiro atoms. The van der Waals surface area contributed by atoms with Crippen molar-refractivity contribution in [2.75, 3.05) is 14.2 Å². The smallest absolute Gasteiger partial charge is 0.407 e. The van der Waals surface area contributed by atoms with Gasteiger partial charge >= 0.3 is 12.2 Å². The number of rotatable bonds is 11. The van der Waals surface area contributed by atoms with Crippen LogP contribution in [0, 0.1) is 11.8 Å². The highest BCUT2D eigenvalue weighted by Crippen LogP contribution is 2.46. The molecule has 3 aliphatic rings. The Hall–Kier alpha value is -7.10. The van der Waals surface area contributed by atoms with Gasteiger partial charge in [0.15, 0.2) is 0 Å². The first-order chi connectivity index (χ1) is 32.3. The fraction of sp³-hybridized carbons (Fsp3) is 0.412. The van der Waals surface area contributed by atoms with Crippen LogP contribution < -0.4 is 15.4 Å². The zero-order valence-electron chi connectivity index (χ0n) is 39.2. The molecule has 0 aliphatic carbocycles. The molecule has 350 valence electrons. The van der Waals surface area contributed by atoms with Gasteiger partial charge in [-0.15, -0.1) is 0 Å². The van der Waals surface area contributed by atoms with Crippen LogP contribution in [0.3, 0.4) is 0 Å². The van der Waals surface area contributed by atoms with Crippen LogP contribution in [0.2, 0.25) is 0 Å². The summed E-state index contributed by atoms with van der Waals surface area (Å²) >= 11 is 0. The Morgan fingerprint density at radius 2 is 1.21 bits per heavy atom. The quantitative estimate of drug-likeness (QED) is 0.0984. The lowest BCUT2D eigenvalue weighted by molar-refractivity contribution is -0.138. The van der Waals surface area contributed by atoms with Crippen molar-refractivity contribution in [3.63, 3.8) is 0 Å². The number of aromatic amines is 2. The van der Waals surface area contributed by atoms with Crippen molar-refractivity contribution in [3.8, 4) is 39.5 Å². The van der Waals surface area contributed by atoms with Crippen molar-refractivity contribution in [1.29, 1.82) is 0 Å². The van der Waals surface area contributed by atoms with Crippen molar-refractivity contribution >= 4 is 34.9 Å². The Balaban J connectivity index is 1.01. The summed E-state index contributed by atoms with van der Waals surface area (Å²) in [6, 6.07) is 22.8. The fourth-order valence-corrected chi connectivity index (χ4v) is 10.1. The molecule has 4 amide bonds. The van der Waals surface area contributed by atoms with E-state index in [1.165, 1.54) is 14.2 Å². The number of amides is 4. The molecule has 16 nitrogen and oxygen atoms in total. The van der Waals surface area contributed by atoms with E-state index in [9.17, 15) is 19.2 Å². The second-order valence-corrected chi connectivity index (χ2v) is 18.7. The van der Waals surface area contributed by atoms with E-state index >= 15 is 0 Å². The summed E-state index contributed by atoms with van der Waals surface area (Å²) in [4.78, 5) is 72.8. The predicted octanol–water partition coefficient (Wildman–Crippen LogP) is 8.89. The molecule has 9 rings (SSSR count). The van der Waals surface area contributed by atoms with Crippen molar-refractivity contribution < 1.29 is 33.4 Å². The molecule has 16 heteroatoms. The number of hydrogen-bond donors (Lipinski definition) is 4. The van der Waals surface area contributed by atoms with E-state index in [2.05, 4.69) is 73.7 Å². The minimum atomic E-state index is -0.737. The van der Waals surface area contributed by atoms with Crippen molar-refractivity contribution in [2.45, 2.75) is 110 Å². The highest BCUT2D eigenvalue weighted by molar-refractivity contribution is 5.93. The maximum atomic E-state index is 14.0. The van der Waals surface area contributed by atoms with Crippen LogP contribution in [-0.4, -0.2) is 96.7 Å². The van der Waals surface area contributed by atoms with Crippen LogP contribution in [-0.2, 0) is 19.1 Å². The van der Waals surface area contributed by atoms with Gasteiger partial charge in [-0.1, -0.05) is 70.2 Å². The predicted molar refractivity (Wildman–Crippen MR) is 253 cm³/mol. The Morgan fingerprint density at radius 3 is 1.73 bits per heavy atom. The number of aromatic nitrogens is 5. The number of methoxy groups -OCH3 is 2. The van der Waals surface area contributed by atoms with Gasteiger partial charge in [-0.25, -0.2) is 19.6 Å². The molecule has 67 heavy (non-hydrogen) atoms. The van der Waals surface area contributed by atoms with Crippen LogP contribution in [0.5, 0.6) is 5.75 Å². The third-order valence-electron chi connectivity index (χ3n) is 13.7. The standard InChI is InChI=1S/C51H59N9O7/c1-27(2)43(56-50(63)65-7)47(61)58-29(5)14-19-39(58)45-52-25-36(54-45)32-17-21-38-34(22-32)23-41-35-18-16-33(24-42(35)67-49(60(38)41)31-12-10-9-11-13-31)37-26-53-46(55-37)40-20-15-30(6)59(40)48(62)44(28(3)4)57-51(64)66-8/h9-13,16-18,21-30,39-40,43-44,49H,14-15,19-20H2,1-8H3,(H,52,54)(H,53,55)(H,56,63)(H,57,64)/t29?,30?,39-,40-,43-,44-,49?/m0/s1. The van der Waals surface area contributed by atoms with E-state index in [1.807, 2.05) is 81.8 Å². The topological polar surface area (TPSA) is 189 Å². The molecule has 0 saturated carbocycles. The van der Waals surface area contributed by atoms with Gasteiger partial charge in [0.25, 0.3) is 0 Å². The minimum Gasteiger partial charge on any atom is -0.465 e. The first kappa shape index (κ1) is 45.1. The van der Waals surface area contributed by atoms with Crippen molar-refractivity contribution in [1.82, 2.24) is 44.9 Å². The van der Waals surface area contributed by atoms with Crippen molar-refractivity contribution in [2.24, 2.45) is 11.8 Å². The molecule has 3 aliphatic heterocycles. The number of imidazole rings is 2. The highest BCUT2D eigenvalue weighted by atomic mass is 16.5. The van der Waals surface area contributed by atoms with E-state index < -0.39 is 30.5 Å². The third kappa shape index (κ3) is 8.37. The molecule has 0 bridgehead atoms. The molecule has 2 fully saturated rings. The molecule has 7 atom stereocenters. The normalized spacial score (nSPS) is 20.9. The van der Waals surface area contributed by atoms with E-state index in [0.29, 0.717) is 11.6 Å². The van der Waals surface area contributed by atoms with E-state index in [1.54, 1.807) is 6.20 Å². The van der Waals surface area contributed by atoms with Gasteiger partial charge in [0, 0.05) is 39.7 Å². The largest absolute Gasteiger partial charge is 0.465 e. The number of carbonyl (C=O) groups is 4. The second-order valence-electron chi connectivity index (χ2n) is 18.7. The average molecular weight is 910 g/mol. The number of fused-ring (bicyclic) bond motifs is 5. The van der Waals surface area contributed by atoms with Gasteiger partial charge in [0.2, 0.25) is 18.0 Å². The molecule has 3 unspecified atom stereocenters. The number of likely N-dealkylation sites (tertiary alicyclic amines) is 2. The molecule has 3 aromatic heterocycles. The Labute approximate surface area is 389 Å². The van der Waals surface area contributed by atoms with Crippen LogP contribution in [0.15, 0.2) is 85.2 Å². The SMILES string of the molecule is COC(=O)N[C@H](C(=O)N1C(C)CC[C@H]1c1ncc(-c2ccc3c(c2)OC(c2ccccc2)n2c-3cc3cc(-c4cnc([C@@H]5CCC(C)N5C(=O)[C@@H](NC(=O)OC)C(C)C)[nH]4)ccc32)[nH]1)C(C)C. The monoisotopic (exact) mass is 909 g/mol. The molecule has 0 radical (unpaired) electrons. The van der Waals surface area contributed by atoms with E-state index in [0.717, 1.165) is 81.7 Å². The number of nitrogens with zero attached hydrogens (tertiary/aromatic N) is 5. The summed E-state index contributed by atoms with van der Waals surface area (Å²) in [5.74, 6) is 1.51. The Kier molecular flexibility index (Phi) is 12.3. The summed E-state index contributed by atoms with van der Waals surface area (Å²) in [6.07, 6.45) is 5.00. The second kappa shape index (κ2) is 18.3. The number of nitrogens with one attached hydrogen (secondary N) is 4. The molecule has 6 aromatic rings. The number of hydrogen-bond acceptors (Lipinski definition) is 9. The number of H-pyrrole nitrogens is 2. The van der Waals surface area contributed by atoms with Gasteiger partial charge in [0.05, 0.1) is 61.3 Å². The van der Waals surface area contributed by atoms with Gasteiger partial charge in [0.1, 0.15) is 29.5 Å². The van der Waals surface area contributed by atoms with Gasteiger partial charge in [-0.2, -0.15) is 0 Å². The van der Waals surface area contributed by atoms with Crippen LogP contribution >= 0.6 is 0 Å². The summed E-state index contributed by atoms with van der Waals surface area (Å²) in [5, 5.41) is 6.50. The first-order valence-electron chi connectivity index (χ1n) is 23.2. The molecule has 4 N–H and O–H groups in total. The molecular weight excluding hydrogens is 851 g/mol. The number of benzene rings is 3. The van der Waals surface area contributed by atoms with Crippen LogP contribution in [0.4, 0.5) is 9.59 Å². The summed E-state index contributed by atoms with van der Waals surface area (Å²) in [6.45, 7) is 11.7. The van der Waals surface area contributed by atoms with E-state index in [4.69, 9.17) is 24.2 Å². The Bertz CT molecular complexity index is 2810. The summed E-state index contributed by atoms with van der Waals surface area (Å²) in [5.41, 5.74) is 7.42. The zero-order valence-corrected chi connectivity index (χ0v) is 39.2. The lowest BCUT2D eigenvalue weighted by atomic mass is 10.0. The molecule has 2 saturated heterocycles. The van der Waals surface area contributed by atoms with Gasteiger partial charge in [-0.3, -0.25) is 9.59 Å². The fourth-order valence-electron chi connectivity index (χ4n) is 10.1. The zero-order chi connectivity index (χ0) is 47.3. The van der Waals surface area contributed by atoms with E-state index in [-0.39, 0.29) is 47.8 Å². The maximum Gasteiger partial charge on any atom is 0.407 e. The number of alkyl carbamates (subject to hydrolysis) is 2. The lowest BCUT2D eigenvalue weighted by Crippen LogP contribution is -2.52. The number of carbonyl (C=O) groups excluding carboxylic acids is 4. The molecule has 3 aromatic carbocycles. The number of ether oxygens (including phenoxy) is 3. The molecular formula is C51H59N9O7. The van der Waals surface area contributed by atoms with Crippen LogP contribution in [0.1, 0.15) is 103 Å². The third-order valence-corrected chi connectivity index (χ3v) is 13.7. The highest BCUT2D eigenvalue weighted by Gasteiger charge is 2.43. The maximum absolute atomic E-state index is 14.0. The average Bonchev–Trinajstić information content (AvgIpc) is 4.19. The van der Waals surface area contributed by atoms with Gasteiger partial charge in [-0.05, 0) is 81.7 Å².